The lowest BCUT2D eigenvalue weighted by molar-refractivity contribution is -0.183. The number of fused-ring (bicyclic) bond motifs is 3. The fourth-order valence-corrected chi connectivity index (χ4v) is 5.39. The van der Waals surface area contributed by atoms with Crippen LogP contribution in [0.4, 0.5) is 0 Å². The van der Waals surface area contributed by atoms with Gasteiger partial charge in [-0.2, -0.15) is 0 Å². The van der Waals surface area contributed by atoms with Crippen LogP contribution in [0.1, 0.15) is 53.9 Å². The molecule has 8 atom stereocenters. The summed E-state index contributed by atoms with van der Waals surface area (Å²) in [6, 6.07) is 0. The number of esters is 3. The Bertz CT molecular complexity index is 956. The number of carbonyl (C=O) groups excluding carboxylic acids is 3. The van der Waals surface area contributed by atoms with Crippen molar-refractivity contribution in [3.8, 4) is 0 Å². The molecule has 35 heavy (non-hydrogen) atoms. The number of carbonyl (C=O) groups is 3. The summed E-state index contributed by atoms with van der Waals surface area (Å²) in [6.07, 6.45) is 2.51. The van der Waals surface area contributed by atoms with Crippen molar-refractivity contribution in [3.05, 3.63) is 35.6 Å². The second-order valence-electron chi connectivity index (χ2n) is 10.1. The molecule has 0 amide bonds. The van der Waals surface area contributed by atoms with E-state index in [9.17, 15) is 14.4 Å². The molecule has 9 nitrogen and oxygen atoms in total. The largest absolute Gasteiger partial charge is 0.462 e. The third kappa shape index (κ3) is 5.62. The standard InChI is InChI=1S/C26H34O9/c1-13(2)9-20(32-15(4)27)23(33-16(5)28)19-11-30-25(34-17(6)29)22-14(3)10-21-24(35-21)26(12-31-26)8-7-18(19)22/h9,11,18,20-25H,3,7-8,10,12H2,1-2,4-6H3/t18?,20-,21+,22-,23+,24-,25+,26+/m0/s1. The van der Waals surface area contributed by atoms with Crippen LogP contribution in [-0.4, -0.2) is 60.8 Å². The summed E-state index contributed by atoms with van der Waals surface area (Å²) >= 11 is 0. The number of ether oxygens (including phenoxy) is 6. The molecular formula is C26H34O9. The molecule has 1 aliphatic carbocycles. The van der Waals surface area contributed by atoms with E-state index in [2.05, 4.69) is 6.58 Å². The minimum Gasteiger partial charge on any atom is -0.462 e. The maximum atomic E-state index is 12.2. The number of hydrogen-bond donors (Lipinski definition) is 0. The van der Waals surface area contributed by atoms with E-state index in [0.717, 1.165) is 11.1 Å². The first-order valence-corrected chi connectivity index (χ1v) is 12.0. The molecule has 4 rings (SSSR count). The Balaban J connectivity index is 1.75. The molecule has 0 bridgehead atoms. The van der Waals surface area contributed by atoms with Gasteiger partial charge in [0, 0.05) is 32.3 Å². The van der Waals surface area contributed by atoms with Crippen LogP contribution < -0.4 is 0 Å². The average molecular weight is 491 g/mol. The lowest BCUT2D eigenvalue weighted by atomic mass is 9.73. The van der Waals surface area contributed by atoms with Crippen molar-refractivity contribution in [1.82, 2.24) is 0 Å². The summed E-state index contributed by atoms with van der Waals surface area (Å²) < 4.78 is 34.6. The number of rotatable bonds is 6. The predicted molar refractivity (Wildman–Crippen MR) is 123 cm³/mol. The molecule has 2 saturated heterocycles. The average Bonchev–Trinajstić information content (AvgIpc) is 3.64. The monoisotopic (exact) mass is 490 g/mol. The molecule has 0 aromatic carbocycles. The Hall–Kier alpha value is -2.65. The Morgan fingerprint density at radius 1 is 1.11 bits per heavy atom. The van der Waals surface area contributed by atoms with Gasteiger partial charge in [-0.25, -0.2) is 0 Å². The first kappa shape index (κ1) is 25.4. The highest BCUT2D eigenvalue weighted by Gasteiger charge is 2.64. The summed E-state index contributed by atoms with van der Waals surface area (Å²) in [5.74, 6) is -2.16. The first-order valence-electron chi connectivity index (χ1n) is 12.0. The van der Waals surface area contributed by atoms with Crippen LogP contribution in [0.3, 0.4) is 0 Å². The zero-order valence-corrected chi connectivity index (χ0v) is 20.9. The maximum absolute atomic E-state index is 12.2. The molecule has 9 heteroatoms. The highest BCUT2D eigenvalue weighted by molar-refractivity contribution is 5.68. The Morgan fingerprint density at radius 3 is 2.37 bits per heavy atom. The highest BCUT2D eigenvalue weighted by Crippen LogP contribution is 2.54. The van der Waals surface area contributed by atoms with Crippen LogP contribution >= 0.6 is 0 Å². The second-order valence-corrected chi connectivity index (χ2v) is 10.1. The van der Waals surface area contributed by atoms with Crippen LogP contribution in [0, 0.1) is 11.8 Å². The second kappa shape index (κ2) is 9.78. The van der Waals surface area contributed by atoms with Crippen molar-refractivity contribution < 1.29 is 42.8 Å². The zero-order valence-electron chi connectivity index (χ0n) is 20.9. The minimum atomic E-state index is -0.924. The van der Waals surface area contributed by atoms with E-state index < -0.39 is 42.3 Å². The SMILES string of the molecule is C=C1C[C@H]2O[C@@H]2[C@@]2(CCC3C([C@@H](OC(C)=O)[C@H](C=C(C)C)OC(C)=O)=CO[C@H](OC(C)=O)[C@@H]13)CO2. The van der Waals surface area contributed by atoms with Crippen LogP contribution in [0.2, 0.25) is 0 Å². The van der Waals surface area contributed by atoms with E-state index in [1.165, 1.54) is 27.0 Å². The normalized spacial score (nSPS) is 34.7. The molecule has 1 unspecified atom stereocenters. The fraction of sp³-hybridized carbons (Fsp3) is 0.654. The molecular weight excluding hydrogens is 456 g/mol. The Morgan fingerprint density at radius 2 is 1.80 bits per heavy atom. The van der Waals surface area contributed by atoms with E-state index in [0.29, 0.717) is 31.4 Å². The van der Waals surface area contributed by atoms with E-state index >= 15 is 0 Å². The molecule has 1 spiro atoms. The van der Waals surface area contributed by atoms with Crippen LogP contribution in [0.15, 0.2) is 35.6 Å². The Kier molecular flexibility index (Phi) is 7.11. The molecule has 0 radical (unpaired) electrons. The lowest BCUT2D eigenvalue weighted by Gasteiger charge is -2.41. The summed E-state index contributed by atoms with van der Waals surface area (Å²) in [7, 11) is 0. The fourth-order valence-electron chi connectivity index (χ4n) is 5.39. The van der Waals surface area contributed by atoms with Gasteiger partial charge in [0.25, 0.3) is 0 Å². The number of hydrogen-bond acceptors (Lipinski definition) is 9. The summed E-state index contributed by atoms with van der Waals surface area (Å²) in [5, 5.41) is 0. The molecule has 4 aliphatic rings. The lowest BCUT2D eigenvalue weighted by Crippen LogP contribution is -2.45. The van der Waals surface area contributed by atoms with Gasteiger partial charge < -0.3 is 28.4 Å². The van der Waals surface area contributed by atoms with Crippen molar-refractivity contribution in [2.45, 2.75) is 90.2 Å². The van der Waals surface area contributed by atoms with Crippen molar-refractivity contribution in [1.29, 1.82) is 0 Å². The van der Waals surface area contributed by atoms with Gasteiger partial charge in [-0.05, 0) is 39.2 Å². The van der Waals surface area contributed by atoms with Gasteiger partial charge in [0.1, 0.15) is 11.7 Å². The van der Waals surface area contributed by atoms with Crippen molar-refractivity contribution in [3.63, 3.8) is 0 Å². The zero-order chi connectivity index (χ0) is 25.5. The molecule has 3 fully saturated rings. The highest BCUT2D eigenvalue weighted by atomic mass is 16.7. The van der Waals surface area contributed by atoms with Crippen LogP contribution in [-0.2, 0) is 42.8 Å². The third-order valence-electron chi connectivity index (χ3n) is 6.92. The molecule has 192 valence electrons. The van der Waals surface area contributed by atoms with E-state index in [-0.39, 0.29) is 23.7 Å². The van der Waals surface area contributed by atoms with E-state index in [1.54, 1.807) is 6.08 Å². The quantitative estimate of drug-likeness (QED) is 0.240. The topological polar surface area (TPSA) is 113 Å². The van der Waals surface area contributed by atoms with Gasteiger partial charge in [-0.3, -0.25) is 14.4 Å². The van der Waals surface area contributed by atoms with Crippen molar-refractivity contribution >= 4 is 17.9 Å². The molecule has 0 N–H and O–H groups in total. The van der Waals surface area contributed by atoms with Gasteiger partial charge in [0.15, 0.2) is 12.2 Å². The van der Waals surface area contributed by atoms with Gasteiger partial charge in [-0.15, -0.1) is 0 Å². The predicted octanol–water partition coefficient (Wildman–Crippen LogP) is 3.13. The minimum absolute atomic E-state index is 0.000167. The van der Waals surface area contributed by atoms with Crippen molar-refractivity contribution in [2.75, 3.05) is 6.61 Å². The van der Waals surface area contributed by atoms with Gasteiger partial charge in [-0.1, -0.05) is 17.7 Å². The molecule has 3 heterocycles. The van der Waals surface area contributed by atoms with Gasteiger partial charge in [0.2, 0.25) is 6.29 Å². The van der Waals surface area contributed by atoms with Crippen LogP contribution in [0.5, 0.6) is 0 Å². The smallest absolute Gasteiger partial charge is 0.305 e. The molecule has 0 aromatic rings. The van der Waals surface area contributed by atoms with E-state index in [1.807, 2.05) is 13.8 Å². The van der Waals surface area contributed by atoms with Gasteiger partial charge >= 0.3 is 17.9 Å². The molecule has 0 aromatic heterocycles. The third-order valence-corrected chi connectivity index (χ3v) is 6.92. The van der Waals surface area contributed by atoms with Gasteiger partial charge in [0.05, 0.1) is 24.9 Å². The van der Waals surface area contributed by atoms with Crippen LogP contribution in [0.25, 0.3) is 0 Å². The number of epoxide rings is 2. The first-order chi connectivity index (χ1) is 16.5. The molecule has 1 saturated carbocycles. The molecule has 3 aliphatic heterocycles. The maximum Gasteiger partial charge on any atom is 0.305 e. The number of allylic oxidation sites excluding steroid dienone is 1. The summed E-state index contributed by atoms with van der Waals surface area (Å²) in [5.41, 5.74) is 2.03. The summed E-state index contributed by atoms with van der Waals surface area (Å²) in [4.78, 5) is 36.0. The van der Waals surface area contributed by atoms with Crippen molar-refractivity contribution in [2.24, 2.45) is 11.8 Å². The Labute approximate surface area is 205 Å². The summed E-state index contributed by atoms with van der Waals surface area (Å²) in [6.45, 7) is 12.6. The van der Waals surface area contributed by atoms with E-state index in [4.69, 9.17) is 28.4 Å².